The lowest BCUT2D eigenvalue weighted by Crippen LogP contribution is -2.06. The van der Waals surface area contributed by atoms with Crippen molar-refractivity contribution in [3.63, 3.8) is 0 Å². The van der Waals surface area contributed by atoms with E-state index in [0.717, 1.165) is 18.1 Å². The van der Waals surface area contributed by atoms with E-state index in [1.165, 1.54) is 48.8 Å². The van der Waals surface area contributed by atoms with Crippen LogP contribution in [-0.4, -0.2) is 15.2 Å². The fourth-order valence-electron chi connectivity index (χ4n) is 3.10. The van der Waals surface area contributed by atoms with Gasteiger partial charge in [-0.25, -0.2) is 4.98 Å². The van der Waals surface area contributed by atoms with Crippen LogP contribution in [0.5, 0.6) is 0 Å². The summed E-state index contributed by atoms with van der Waals surface area (Å²) in [6, 6.07) is 6.59. The Bertz CT molecular complexity index is 580. The second-order valence-electron chi connectivity index (χ2n) is 6.08. The number of aromatic nitrogens is 3. The Labute approximate surface area is 120 Å². The molecule has 1 fully saturated rings. The van der Waals surface area contributed by atoms with Crippen molar-refractivity contribution < 1.29 is 0 Å². The average Bonchev–Trinajstić information content (AvgIpc) is 2.92. The highest BCUT2D eigenvalue weighted by molar-refractivity contribution is 5.32. The highest BCUT2D eigenvalue weighted by atomic mass is 15.2. The Balaban J connectivity index is 1.75. The largest absolute Gasteiger partial charge is 0.263 e. The number of H-pyrrole nitrogens is 1. The predicted octanol–water partition coefficient (Wildman–Crippen LogP) is 4.06. The van der Waals surface area contributed by atoms with Gasteiger partial charge in [0.1, 0.15) is 5.82 Å². The Kier molecular flexibility index (Phi) is 3.86. The summed E-state index contributed by atoms with van der Waals surface area (Å²) in [7, 11) is 0. The third kappa shape index (κ3) is 2.92. The molecule has 1 aliphatic rings. The van der Waals surface area contributed by atoms with E-state index in [1.807, 2.05) is 0 Å². The van der Waals surface area contributed by atoms with Gasteiger partial charge in [-0.05, 0) is 37.8 Å². The van der Waals surface area contributed by atoms with Crippen molar-refractivity contribution in [2.24, 2.45) is 0 Å². The van der Waals surface area contributed by atoms with Gasteiger partial charge in [0.05, 0.1) is 0 Å². The Morgan fingerprint density at radius 2 is 1.95 bits per heavy atom. The van der Waals surface area contributed by atoms with Crippen LogP contribution in [0.3, 0.4) is 0 Å². The van der Waals surface area contributed by atoms with Crippen molar-refractivity contribution in [3.8, 4) is 0 Å². The molecule has 2 aromatic rings. The maximum atomic E-state index is 4.73. The monoisotopic (exact) mass is 269 g/mol. The minimum absolute atomic E-state index is 0.576. The summed E-state index contributed by atoms with van der Waals surface area (Å²) >= 11 is 0. The molecule has 0 aliphatic heterocycles. The zero-order chi connectivity index (χ0) is 13.9. The number of nitrogens with one attached hydrogen (secondary N) is 1. The highest BCUT2D eigenvalue weighted by Crippen LogP contribution is 2.30. The number of aryl methyl sites for hydroxylation is 2. The minimum atomic E-state index is 0.576. The number of nitrogens with zero attached hydrogens (tertiary/aromatic N) is 2. The maximum absolute atomic E-state index is 4.73. The fraction of sp³-hybridized carbons (Fsp3) is 0.529. The van der Waals surface area contributed by atoms with Crippen molar-refractivity contribution in [2.45, 2.75) is 58.3 Å². The lowest BCUT2D eigenvalue weighted by Gasteiger charge is -2.18. The van der Waals surface area contributed by atoms with E-state index >= 15 is 0 Å². The number of hydrogen-bond donors (Lipinski definition) is 1. The number of rotatable bonds is 3. The van der Waals surface area contributed by atoms with E-state index in [4.69, 9.17) is 4.98 Å². The maximum Gasteiger partial charge on any atom is 0.153 e. The summed E-state index contributed by atoms with van der Waals surface area (Å²) < 4.78 is 0. The zero-order valence-electron chi connectivity index (χ0n) is 12.4. The first kappa shape index (κ1) is 13.3. The number of hydrogen-bond acceptors (Lipinski definition) is 2. The topological polar surface area (TPSA) is 41.6 Å². The normalized spacial score (nSPS) is 16.5. The molecule has 1 aromatic heterocycles. The molecule has 106 valence electrons. The van der Waals surface area contributed by atoms with Crippen LogP contribution in [0.15, 0.2) is 18.2 Å². The molecule has 0 spiro atoms. The molecule has 1 aromatic carbocycles. The third-order valence-corrected chi connectivity index (χ3v) is 4.38. The smallest absolute Gasteiger partial charge is 0.153 e. The summed E-state index contributed by atoms with van der Waals surface area (Å²) in [6.07, 6.45) is 7.38. The molecule has 1 aliphatic carbocycles. The molecule has 3 heteroatoms. The van der Waals surface area contributed by atoms with E-state index in [0.29, 0.717) is 5.92 Å². The summed E-state index contributed by atoms with van der Waals surface area (Å²) in [5.74, 6) is 2.61. The Morgan fingerprint density at radius 3 is 2.75 bits per heavy atom. The molecule has 3 nitrogen and oxygen atoms in total. The molecule has 3 rings (SSSR count). The van der Waals surface area contributed by atoms with Crippen LogP contribution in [0.1, 0.15) is 66.4 Å². The number of aromatic amines is 1. The van der Waals surface area contributed by atoms with E-state index in [1.54, 1.807) is 0 Å². The highest BCUT2D eigenvalue weighted by Gasteiger charge is 2.19. The van der Waals surface area contributed by atoms with E-state index in [2.05, 4.69) is 42.2 Å². The van der Waals surface area contributed by atoms with Gasteiger partial charge in [0.2, 0.25) is 0 Å². The third-order valence-electron chi connectivity index (χ3n) is 4.38. The predicted molar refractivity (Wildman–Crippen MR) is 80.9 cm³/mol. The van der Waals surface area contributed by atoms with Gasteiger partial charge in [-0.15, -0.1) is 0 Å². The van der Waals surface area contributed by atoms with Gasteiger partial charge in [0, 0.05) is 12.3 Å². The van der Waals surface area contributed by atoms with Gasteiger partial charge in [0.25, 0.3) is 0 Å². The van der Waals surface area contributed by atoms with Crippen LogP contribution in [0, 0.1) is 13.8 Å². The van der Waals surface area contributed by atoms with Gasteiger partial charge in [-0.3, -0.25) is 5.10 Å². The van der Waals surface area contributed by atoms with Crippen molar-refractivity contribution in [3.05, 3.63) is 46.5 Å². The lowest BCUT2D eigenvalue weighted by atomic mass is 9.89. The van der Waals surface area contributed by atoms with E-state index in [9.17, 15) is 0 Å². The van der Waals surface area contributed by atoms with Crippen molar-refractivity contribution in [1.82, 2.24) is 15.2 Å². The molecular formula is C17H23N3. The SMILES string of the molecule is Cc1ccc(C)c(Cc2nc(C3CCCCC3)n[nH]2)c1. The van der Waals surface area contributed by atoms with Crippen LogP contribution in [0.4, 0.5) is 0 Å². The molecule has 0 atom stereocenters. The van der Waals surface area contributed by atoms with Gasteiger partial charge in [0.15, 0.2) is 5.82 Å². The Morgan fingerprint density at radius 1 is 1.15 bits per heavy atom. The van der Waals surface area contributed by atoms with Gasteiger partial charge in [-0.1, -0.05) is 43.0 Å². The van der Waals surface area contributed by atoms with E-state index in [-0.39, 0.29) is 0 Å². The summed E-state index contributed by atoms with van der Waals surface area (Å²) in [5.41, 5.74) is 3.97. The Hall–Kier alpha value is -1.64. The van der Waals surface area contributed by atoms with Gasteiger partial charge < -0.3 is 0 Å². The zero-order valence-corrected chi connectivity index (χ0v) is 12.4. The summed E-state index contributed by atoms with van der Waals surface area (Å²) in [6.45, 7) is 4.30. The second-order valence-corrected chi connectivity index (χ2v) is 6.08. The van der Waals surface area contributed by atoms with Gasteiger partial charge in [-0.2, -0.15) is 5.10 Å². The molecule has 1 N–H and O–H groups in total. The van der Waals surface area contributed by atoms with Crippen LogP contribution in [-0.2, 0) is 6.42 Å². The van der Waals surface area contributed by atoms with E-state index < -0.39 is 0 Å². The van der Waals surface area contributed by atoms with Crippen LogP contribution < -0.4 is 0 Å². The van der Waals surface area contributed by atoms with Gasteiger partial charge >= 0.3 is 0 Å². The summed E-state index contributed by atoms with van der Waals surface area (Å²) in [5, 5.41) is 7.59. The van der Waals surface area contributed by atoms with Crippen molar-refractivity contribution >= 4 is 0 Å². The molecule has 1 heterocycles. The molecule has 0 bridgehead atoms. The van der Waals surface area contributed by atoms with Crippen LogP contribution in [0.25, 0.3) is 0 Å². The first-order chi connectivity index (χ1) is 9.72. The molecule has 0 amide bonds. The fourth-order valence-corrected chi connectivity index (χ4v) is 3.10. The minimum Gasteiger partial charge on any atom is -0.263 e. The standard InChI is InChI=1S/C17H23N3/c1-12-8-9-13(2)15(10-12)11-16-18-17(20-19-16)14-6-4-3-5-7-14/h8-10,14H,3-7,11H2,1-2H3,(H,18,19,20). The molecule has 20 heavy (non-hydrogen) atoms. The molecule has 1 saturated carbocycles. The first-order valence-corrected chi connectivity index (χ1v) is 7.69. The van der Waals surface area contributed by atoms with Crippen molar-refractivity contribution in [2.75, 3.05) is 0 Å². The van der Waals surface area contributed by atoms with Crippen LogP contribution in [0.2, 0.25) is 0 Å². The first-order valence-electron chi connectivity index (χ1n) is 7.69. The van der Waals surface area contributed by atoms with Crippen LogP contribution >= 0.6 is 0 Å². The average molecular weight is 269 g/mol. The second kappa shape index (κ2) is 5.78. The molecule has 0 unspecified atom stereocenters. The summed E-state index contributed by atoms with van der Waals surface area (Å²) in [4.78, 5) is 4.73. The quantitative estimate of drug-likeness (QED) is 0.913. The van der Waals surface area contributed by atoms with Crippen molar-refractivity contribution in [1.29, 1.82) is 0 Å². The molecule has 0 radical (unpaired) electrons. The number of benzene rings is 1. The molecule has 0 saturated heterocycles. The molecular weight excluding hydrogens is 246 g/mol. The lowest BCUT2D eigenvalue weighted by molar-refractivity contribution is 0.429.